The van der Waals surface area contributed by atoms with Crippen molar-refractivity contribution >= 4 is 43.6 Å². The molecule has 278 valence electrons. The molecule has 0 aliphatic heterocycles. The molecule has 0 amide bonds. The number of nitrogens with zero attached hydrogens (tertiary/aromatic N) is 3. The van der Waals surface area contributed by atoms with E-state index >= 15 is 0 Å². The summed E-state index contributed by atoms with van der Waals surface area (Å²) in [7, 11) is 0. The van der Waals surface area contributed by atoms with Crippen LogP contribution in [0.25, 0.3) is 99.8 Å². The van der Waals surface area contributed by atoms with Crippen LogP contribution in [-0.2, 0) is 5.41 Å². The standard InChI is InChI=1S/C56H39N3/c1-56(2)45-27-15-12-24-42(45)52-53(56)55-51(44-26-14-17-29-49(44)59(55)40-22-10-5-11-23-40)50-43-25-13-16-28-48(43)58(54(50)52)41-32-30-38(31-33-41)47-35-39(36-18-6-3-7-19-36)34-46(57-47)37-20-8-4-9-21-37/h3-35H,1-2H3. The second kappa shape index (κ2) is 12.8. The minimum absolute atomic E-state index is 0.254. The van der Waals surface area contributed by atoms with Crippen molar-refractivity contribution in [2.75, 3.05) is 0 Å². The van der Waals surface area contributed by atoms with Gasteiger partial charge in [-0.2, -0.15) is 0 Å². The van der Waals surface area contributed by atoms with E-state index in [4.69, 9.17) is 4.98 Å². The van der Waals surface area contributed by atoms with Crippen LogP contribution in [-0.4, -0.2) is 14.1 Å². The van der Waals surface area contributed by atoms with E-state index in [-0.39, 0.29) is 5.41 Å². The Morgan fingerprint density at radius 2 is 0.881 bits per heavy atom. The number of benzene rings is 8. The highest BCUT2D eigenvalue weighted by molar-refractivity contribution is 6.33. The van der Waals surface area contributed by atoms with E-state index in [0.29, 0.717) is 0 Å². The first kappa shape index (κ1) is 33.6. The number of hydrogen-bond acceptors (Lipinski definition) is 1. The van der Waals surface area contributed by atoms with Crippen molar-refractivity contribution in [2.45, 2.75) is 19.3 Å². The third-order valence-corrected chi connectivity index (χ3v) is 12.7. The molecular weight excluding hydrogens is 715 g/mol. The molecule has 3 heteroatoms. The number of aromatic nitrogens is 3. The average Bonchev–Trinajstić information content (AvgIpc) is 3.90. The monoisotopic (exact) mass is 753 g/mol. The zero-order chi connectivity index (χ0) is 39.2. The normalized spacial score (nSPS) is 13.1. The average molecular weight is 754 g/mol. The molecule has 0 radical (unpaired) electrons. The van der Waals surface area contributed by atoms with Gasteiger partial charge in [-0.05, 0) is 76.3 Å². The molecule has 0 unspecified atom stereocenters. The van der Waals surface area contributed by atoms with Gasteiger partial charge in [-0.15, -0.1) is 0 Å². The molecule has 0 saturated heterocycles. The smallest absolute Gasteiger partial charge is 0.0715 e. The van der Waals surface area contributed by atoms with Crippen molar-refractivity contribution in [3.05, 3.63) is 211 Å². The predicted molar refractivity (Wildman–Crippen MR) is 247 cm³/mol. The van der Waals surface area contributed by atoms with Gasteiger partial charge in [0.25, 0.3) is 0 Å². The highest BCUT2D eigenvalue weighted by Gasteiger charge is 2.41. The van der Waals surface area contributed by atoms with Crippen molar-refractivity contribution in [1.82, 2.24) is 14.1 Å². The Morgan fingerprint density at radius 1 is 0.407 bits per heavy atom. The molecule has 0 bridgehead atoms. The van der Waals surface area contributed by atoms with E-state index in [0.717, 1.165) is 33.8 Å². The molecule has 0 atom stereocenters. The summed E-state index contributed by atoms with van der Waals surface area (Å²) in [5.74, 6) is 0. The summed E-state index contributed by atoms with van der Waals surface area (Å²) in [4.78, 5) is 5.26. The summed E-state index contributed by atoms with van der Waals surface area (Å²) in [6.07, 6.45) is 0. The van der Waals surface area contributed by atoms with E-state index in [1.54, 1.807) is 0 Å². The van der Waals surface area contributed by atoms with Gasteiger partial charge in [0.05, 0.1) is 33.5 Å². The van der Waals surface area contributed by atoms with E-state index in [9.17, 15) is 0 Å². The van der Waals surface area contributed by atoms with Crippen molar-refractivity contribution in [1.29, 1.82) is 0 Å². The van der Waals surface area contributed by atoms with Crippen LogP contribution < -0.4 is 0 Å². The Kier molecular flexibility index (Phi) is 7.27. The van der Waals surface area contributed by atoms with Crippen molar-refractivity contribution in [3.63, 3.8) is 0 Å². The molecule has 59 heavy (non-hydrogen) atoms. The quantitative estimate of drug-likeness (QED) is 0.172. The van der Waals surface area contributed by atoms with Crippen LogP contribution in [0, 0.1) is 0 Å². The Morgan fingerprint density at radius 3 is 1.53 bits per heavy atom. The molecule has 0 saturated carbocycles. The first-order chi connectivity index (χ1) is 29.1. The highest BCUT2D eigenvalue weighted by atomic mass is 15.0. The van der Waals surface area contributed by atoms with Gasteiger partial charge in [-0.1, -0.05) is 166 Å². The number of pyridine rings is 1. The molecule has 3 nitrogen and oxygen atoms in total. The molecule has 1 aliphatic carbocycles. The van der Waals surface area contributed by atoms with E-state index < -0.39 is 0 Å². The van der Waals surface area contributed by atoms with Crippen LogP contribution in [0.4, 0.5) is 0 Å². The van der Waals surface area contributed by atoms with Gasteiger partial charge in [-0.25, -0.2) is 4.98 Å². The fourth-order valence-corrected chi connectivity index (χ4v) is 10.1. The van der Waals surface area contributed by atoms with Gasteiger partial charge in [0, 0.05) is 55.0 Å². The summed E-state index contributed by atoms with van der Waals surface area (Å²) in [5.41, 5.74) is 18.8. The first-order valence-electron chi connectivity index (χ1n) is 20.5. The molecule has 3 heterocycles. The molecule has 8 aromatic carbocycles. The van der Waals surface area contributed by atoms with Gasteiger partial charge in [-0.3, -0.25) is 0 Å². The van der Waals surface area contributed by atoms with Crippen LogP contribution in [0.1, 0.15) is 25.0 Å². The lowest BCUT2D eigenvalue weighted by atomic mass is 9.81. The van der Waals surface area contributed by atoms with Gasteiger partial charge in [0.1, 0.15) is 0 Å². The zero-order valence-corrected chi connectivity index (χ0v) is 32.9. The van der Waals surface area contributed by atoms with Crippen LogP contribution in [0.5, 0.6) is 0 Å². The number of rotatable bonds is 5. The Balaban J connectivity index is 1.16. The van der Waals surface area contributed by atoms with E-state index in [1.807, 2.05) is 0 Å². The molecule has 3 aromatic heterocycles. The Bertz CT molecular complexity index is 3370. The van der Waals surface area contributed by atoms with Gasteiger partial charge >= 0.3 is 0 Å². The number of para-hydroxylation sites is 3. The van der Waals surface area contributed by atoms with Crippen LogP contribution >= 0.6 is 0 Å². The second-order valence-electron chi connectivity index (χ2n) is 16.3. The maximum absolute atomic E-state index is 5.26. The fourth-order valence-electron chi connectivity index (χ4n) is 10.1. The minimum atomic E-state index is -0.254. The molecule has 0 N–H and O–H groups in total. The molecule has 11 aromatic rings. The lowest BCUT2D eigenvalue weighted by Gasteiger charge is -2.24. The minimum Gasteiger partial charge on any atom is -0.309 e. The Hall–Kier alpha value is -7.49. The van der Waals surface area contributed by atoms with E-state index in [1.165, 1.54) is 77.1 Å². The maximum Gasteiger partial charge on any atom is 0.0715 e. The summed E-state index contributed by atoms with van der Waals surface area (Å²) in [6, 6.07) is 72.5. The summed E-state index contributed by atoms with van der Waals surface area (Å²) in [5, 5.41) is 5.12. The molecular formula is C56H39N3. The zero-order valence-electron chi connectivity index (χ0n) is 32.9. The van der Waals surface area contributed by atoms with E-state index in [2.05, 4.69) is 223 Å². The van der Waals surface area contributed by atoms with Crippen LogP contribution in [0.3, 0.4) is 0 Å². The lowest BCUT2D eigenvalue weighted by Crippen LogP contribution is -2.16. The SMILES string of the molecule is CC1(C)c2ccccc2-c2c1c1c(c3ccccc3n1-c1ccccc1)c1c3ccccc3n(-c3ccc(-c4cc(-c5ccccc5)cc(-c5ccccc5)n4)cc3)c21. The second-order valence-corrected chi connectivity index (χ2v) is 16.3. The molecule has 12 rings (SSSR count). The van der Waals surface area contributed by atoms with Crippen LogP contribution in [0.15, 0.2) is 200 Å². The lowest BCUT2D eigenvalue weighted by molar-refractivity contribution is 0.664. The molecule has 0 fully saturated rings. The topological polar surface area (TPSA) is 22.8 Å². The van der Waals surface area contributed by atoms with Gasteiger partial charge in [0.2, 0.25) is 0 Å². The van der Waals surface area contributed by atoms with Crippen LogP contribution in [0.2, 0.25) is 0 Å². The number of hydrogen-bond donors (Lipinski definition) is 0. The summed E-state index contributed by atoms with van der Waals surface area (Å²) < 4.78 is 5.06. The fraction of sp³-hybridized carbons (Fsp3) is 0.0536. The largest absolute Gasteiger partial charge is 0.309 e. The van der Waals surface area contributed by atoms with Gasteiger partial charge in [0.15, 0.2) is 0 Å². The maximum atomic E-state index is 5.26. The summed E-state index contributed by atoms with van der Waals surface area (Å²) in [6.45, 7) is 4.83. The van der Waals surface area contributed by atoms with Crippen molar-refractivity contribution in [2.24, 2.45) is 0 Å². The number of fused-ring (bicyclic) bond motifs is 12. The predicted octanol–water partition coefficient (Wildman–Crippen LogP) is 14.6. The molecule has 0 spiro atoms. The molecule has 1 aliphatic rings. The van der Waals surface area contributed by atoms with Crippen molar-refractivity contribution in [3.8, 4) is 56.1 Å². The third-order valence-electron chi connectivity index (χ3n) is 12.7. The highest BCUT2D eigenvalue weighted by Crippen LogP contribution is 2.58. The first-order valence-corrected chi connectivity index (χ1v) is 20.5. The third kappa shape index (κ3) is 4.91. The summed E-state index contributed by atoms with van der Waals surface area (Å²) >= 11 is 0. The van der Waals surface area contributed by atoms with Crippen molar-refractivity contribution < 1.29 is 0 Å². The Labute approximate surface area is 343 Å². The van der Waals surface area contributed by atoms with Gasteiger partial charge < -0.3 is 9.13 Å².